The van der Waals surface area contributed by atoms with Crippen molar-refractivity contribution in [1.29, 1.82) is 0 Å². The van der Waals surface area contributed by atoms with Gasteiger partial charge in [0.15, 0.2) is 0 Å². The monoisotopic (exact) mass is 361 g/mol. The van der Waals surface area contributed by atoms with Crippen LogP contribution in [0.3, 0.4) is 0 Å². The zero-order chi connectivity index (χ0) is 17.6. The number of carbonyl (C=O) groups excluding carboxylic acids is 2. The Labute approximate surface area is 151 Å². The van der Waals surface area contributed by atoms with Gasteiger partial charge in [0.1, 0.15) is 5.00 Å². The first-order valence-electron chi connectivity index (χ1n) is 8.52. The van der Waals surface area contributed by atoms with Crippen molar-refractivity contribution < 1.29 is 14.3 Å². The summed E-state index contributed by atoms with van der Waals surface area (Å²) in [5, 5.41) is 6.41. The molecule has 6 nitrogen and oxygen atoms in total. The fourth-order valence-corrected chi connectivity index (χ4v) is 4.39. The average molecular weight is 361 g/mol. The van der Waals surface area contributed by atoms with Gasteiger partial charge >= 0.3 is 0 Å². The molecule has 7 heteroatoms. The largest absolute Gasteiger partial charge is 0.383 e. The highest BCUT2D eigenvalue weighted by atomic mass is 32.1. The van der Waals surface area contributed by atoms with Crippen LogP contribution in [0.15, 0.2) is 24.5 Å². The number of carbonyl (C=O) groups is 2. The summed E-state index contributed by atoms with van der Waals surface area (Å²) in [6, 6.07) is 3.90. The molecule has 0 atom stereocenters. The molecule has 2 N–H and O–H groups in total. The van der Waals surface area contributed by atoms with Gasteiger partial charge in [-0.05, 0) is 43.4 Å². The molecule has 0 fully saturated rings. The summed E-state index contributed by atoms with van der Waals surface area (Å²) in [6.07, 6.45) is 8.13. The molecule has 0 saturated heterocycles. The van der Waals surface area contributed by atoms with Crippen molar-refractivity contribution >= 4 is 23.2 Å². The van der Waals surface area contributed by atoms with Crippen molar-refractivity contribution in [3.8, 4) is 5.00 Å². The highest BCUT2D eigenvalue weighted by Gasteiger charge is 2.26. The predicted octanol–water partition coefficient (Wildman–Crippen LogP) is 1.91. The third-order valence-corrected chi connectivity index (χ3v) is 5.56. The van der Waals surface area contributed by atoms with Gasteiger partial charge in [0.2, 0.25) is 5.91 Å². The van der Waals surface area contributed by atoms with Gasteiger partial charge in [-0.2, -0.15) is 0 Å². The highest BCUT2D eigenvalue weighted by Crippen LogP contribution is 2.36. The summed E-state index contributed by atoms with van der Waals surface area (Å²) in [5.74, 6) is -0.387. The van der Waals surface area contributed by atoms with Crippen LogP contribution in [0.25, 0.3) is 5.00 Å². The van der Waals surface area contributed by atoms with Gasteiger partial charge in [0.25, 0.3) is 5.91 Å². The lowest BCUT2D eigenvalue weighted by molar-refractivity contribution is -0.120. The number of hydrogen-bond acceptors (Lipinski definition) is 4. The Bertz CT molecular complexity index is 737. The molecule has 1 aliphatic carbocycles. The van der Waals surface area contributed by atoms with E-state index in [1.54, 1.807) is 18.4 Å². The Kier molecular flexibility index (Phi) is 5.88. The molecule has 0 bridgehead atoms. The highest BCUT2D eigenvalue weighted by molar-refractivity contribution is 7.15. The number of methoxy groups -OCH3 is 1. The summed E-state index contributed by atoms with van der Waals surface area (Å²) >= 11 is 1.68. The molecule has 134 valence electrons. The average Bonchev–Trinajstić information content (AvgIpc) is 3.27. The van der Waals surface area contributed by atoms with Crippen molar-refractivity contribution in [1.82, 2.24) is 15.2 Å². The first kappa shape index (κ1) is 17.7. The summed E-state index contributed by atoms with van der Waals surface area (Å²) in [4.78, 5) is 25.9. The van der Waals surface area contributed by atoms with Gasteiger partial charge in [-0.25, -0.2) is 0 Å². The van der Waals surface area contributed by atoms with E-state index in [0.717, 1.165) is 35.4 Å². The Morgan fingerprint density at radius 1 is 1.20 bits per heavy atom. The van der Waals surface area contributed by atoms with Crippen molar-refractivity contribution in [2.24, 2.45) is 0 Å². The van der Waals surface area contributed by atoms with Crippen molar-refractivity contribution in [3.63, 3.8) is 0 Å². The molecule has 1 aliphatic rings. The molecule has 2 aromatic rings. The fraction of sp³-hybridized carbons (Fsp3) is 0.444. The maximum Gasteiger partial charge on any atom is 0.255 e. The van der Waals surface area contributed by atoms with E-state index < -0.39 is 0 Å². The van der Waals surface area contributed by atoms with Crippen LogP contribution in [0.2, 0.25) is 0 Å². The molecule has 2 heterocycles. The van der Waals surface area contributed by atoms with Crippen LogP contribution in [0, 0.1) is 0 Å². The molecular formula is C18H23N3O3S. The summed E-state index contributed by atoms with van der Waals surface area (Å²) < 4.78 is 6.88. The van der Waals surface area contributed by atoms with Gasteiger partial charge in [-0.15, -0.1) is 11.3 Å². The maximum absolute atomic E-state index is 12.8. The van der Waals surface area contributed by atoms with E-state index in [1.165, 1.54) is 11.3 Å². The predicted molar refractivity (Wildman–Crippen MR) is 97.5 cm³/mol. The van der Waals surface area contributed by atoms with Crippen molar-refractivity contribution in [3.05, 3.63) is 40.5 Å². The van der Waals surface area contributed by atoms with E-state index in [2.05, 4.69) is 10.6 Å². The van der Waals surface area contributed by atoms with E-state index in [4.69, 9.17) is 4.74 Å². The zero-order valence-electron chi connectivity index (χ0n) is 14.3. The second-order valence-corrected chi connectivity index (χ2v) is 7.09. The number of thiophene rings is 1. The number of aromatic nitrogens is 1. The SMILES string of the molecule is COCCNC(=O)CNC(=O)c1c(-n2cccc2)sc2c1CCCC2. The minimum Gasteiger partial charge on any atom is -0.383 e. The number of nitrogens with zero attached hydrogens (tertiary/aromatic N) is 1. The molecule has 0 spiro atoms. The molecule has 25 heavy (non-hydrogen) atoms. The molecule has 0 radical (unpaired) electrons. The van der Waals surface area contributed by atoms with Gasteiger partial charge in [-0.1, -0.05) is 0 Å². The van der Waals surface area contributed by atoms with Crippen LogP contribution in [0.5, 0.6) is 0 Å². The fourth-order valence-electron chi connectivity index (χ4n) is 3.04. The maximum atomic E-state index is 12.8. The third-order valence-electron chi connectivity index (χ3n) is 4.26. The molecule has 2 aromatic heterocycles. The molecule has 0 unspecified atom stereocenters. The van der Waals surface area contributed by atoms with Crippen LogP contribution in [0.4, 0.5) is 0 Å². The Hall–Kier alpha value is -2.12. The normalized spacial score (nSPS) is 13.3. The number of ether oxygens (including phenoxy) is 1. The minimum absolute atomic E-state index is 0.0295. The molecule has 0 aliphatic heterocycles. The number of rotatable bonds is 7. The second-order valence-electron chi connectivity index (χ2n) is 6.01. The van der Waals surface area contributed by atoms with Crippen LogP contribution in [-0.2, 0) is 22.4 Å². The topological polar surface area (TPSA) is 72.4 Å². The first-order valence-corrected chi connectivity index (χ1v) is 9.34. The van der Waals surface area contributed by atoms with Crippen molar-refractivity contribution in [2.45, 2.75) is 25.7 Å². The first-order chi connectivity index (χ1) is 12.2. The quantitative estimate of drug-likeness (QED) is 0.740. The smallest absolute Gasteiger partial charge is 0.255 e. The molecule has 0 saturated carbocycles. The molecule has 2 amide bonds. The summed E-state index contributed by atoms with van der Waals surface area (Å²) in [5.41, 5.74) is 1.87. The van der Waals surface area contributed by atoms with Crippen LogP contribution in [0.1, 0.15) is 33.6 Å². The number of nitrogens with one attached hydrogen (secondary N) is 2. The minimum atomic E-state index is -0.211. The van der Waals surface area contributed by atoms with Gasteiger partial charge in [0, 0.05) is 30.9 Å². The number of aryl methyl sites for hydroxylation is 1. The van der Waals surface area contributed by atoms with E-state index in [9.17, 15) is 9.59 Å². The van der Waals surface area contributed by atoms with E-state index in [1.807, 2.05) is 29.1 Å². The van der Waals surface area contributed by atoms with Crippen LogP contribution >= 0.6 is 11.3 Å². The zero-order valence-corrected chi connectivity index (χ0v) is 15.2. The third kappa shape index (κ3) is 4.11. The Morgan fingerprint density at radius 2 is 1.96 bits per heavy atom. The van der Waals surface area contributed by atoms with E-state index in [-0.39, 0.29) is 18.4 Å². The lowest BCUT2D eigenvalue weighted by Gasteiger charge is -2.13. The van der Waals surface area contributed by atoms with Gasteiger partial charge < -0.3 is 19.9 Å². The molecule has 3 rings (SSSR count). The van der Waals surface area contributed by atoms with Crippen LogP contribution < -0.4 is 10.6 Å². The van der Waals surface area contributed by atoms with Crippen molar-refractivity contribution in [2.75, 3.05) is 26.8 Å². The van der Waals surface area contributed by atoms with Gasteiger partial charge in [-0.3, -0.25) is 9.59 Å². The second kappa shape index (κ2) is 8.31. The Balaban J connectivity index is 1.75. The lowest BCUT2D eigenvalue weighted by Crippen LogP contribution is -2.38. The molecular weight excluding hydrogens is 338 g/mol. The van der Waals surface area contributed by atoms with Gasteiger partial charge in [0.05, 0.1) is 18.7 Å². The Morgan fingerprint density at radius 3 is 2.72 bits per heavy atom. The lowest BCUT2D eigenvalue weighted by atomic mass is 9.95. The summed E-state index contributed by atoms with van der Waals surface area (Å²) in [6.45, 7) is 0.863. The summed E-state index contributed by atoms with van der Waals surface area (Å²) in [7, 11) is 1.58. The molecule has 0 aromatic carbocycles. The standard InChI is InChI=1S/C18H23N3O3S/c1-24-11-8-19-15(22)12-20-17(23)16-13-6-2-3-7-14(13)25-18(16)21-9-4-5-10-21/h4-5,9-10H,2-3,6-8,11-12H2,1H3,(H,19,22)(H,20,23). The number of amides is 2. The van der Waals surface area contributed by atoms with E-state index in [0.29, 0.717) is 13.2 Å². The van der Waals surface area contributed by atoms with Crippen LogP contribution in [-0.4, -0.2) is 43.2 Å². The van der Waals surface area contributed by atoms with E-state index >= 15 is 0 Å². The number of hydrogen-bond donors (Lipinski definition) is 2. The number of fused-ring (bicyclic) bond motifs is 1.